The molecule has 0 spiro atoms. The van der Waals surface area contributed by atoms with E-state index >= 15 is 0 Å². The molecule has 5 rings (SSSR count). The molecule has 0 bridgehead atoms. The van der Waals surface area contributed by atoms with Gasteiger partial charge in [0.25, 0.3) is 0 Å². The maximum Gasteiger partial charge on any atom is 0.193 e. The molecule has 0 unspecified atom stereocenters. The first-order chi connectivity index (χ1) is 11.1. The van der Waals surface area contributed by atoms with E-state index < -0.39 is 0 Å². The van der Waals surface area contributed by atoms with Gasteiger partial charge in [0.2, 0.25) is 0 Å². The molecule has 1 aliphatic heterocycles. The topological polar surface area (TPSA) is 21.7 Å². The Morgan fingerprint density at radius 3 is 2.75 bits per heavy atom. The van der Waals surface area contributed by atoms with Gasteiger partial charge >= 0.3 is 0 Å². The van der Waals surface area contributed by atoms with Crippen molar-refractivity contribution in [3.63, 3.8) is 0 Å². The predicted molar refractivity (Wildman–Crippen MR) is 90.9 cm³/mol. The molecule has 0 N–H and O–H groups in total. The SMILES string of the molecule is Cc1ccc2ccc3nc4n(c3c2c1C)-c1c(cc[c-][n+]1C)C4.[Bk]. The van der Waals surface area contributed by atoms with E-state index in [9.17, 15) is 0 Å². The molecular weight excluding hydrogens is 529 g/mol. The monoisotopic (exact) mass is 546 g/mol. The Balaban J connectivity index is 0.00000146. The minimum Gasteiger partial charge on any atom is -0.343 e. The standard InChI is InChI=1S/C20H17N3.Bk/c1-12-6-7-14-8-9-16-19(18(14)13(12)2)23-17(21-16)11-15-5-4-10-22(3)20(15)23;/h4-9H,11H2,1-3H3;. The molecule has 1 aliphatic rings. The van der Waals surface area contributed by atoms with Crippen LogP contribution in [0.3, 0.4) is 0 Å². The van der Waals surface area contributed by atoms with Crippen molar-refractivity contribution in [3.05, 3.63) is 65.1 Å². The van der Waals surface area contributed by atoms with E-state index in [4.69, 9.17) is 4.98 Å². The smallest absolute Gasteiger partial charge is 0.193 e. The van der Waals surface area contributed by atoms with Crippen LogP contribution in [0.25, 0.3) is 27.6 Å². The maximum atomic E-state index is 4.91. The molecule has 121 valence electrons. The van der Waals surface area contributed by atoms with Crippen molar-refractivity contribution in [1.29, 1.82) is 0 Å². The largest absolute Gasteiger partial charge is 0.343 e. The van der Waals surface area contributed by atoms with Crippen molar-refractivity contribution >= 4 is 21.8 Å². The summed E-state index contributed by atoms with van der Waals surface area (Å²) in [5.41, 5.74) is 6.29. The summed E-state index contributed by atoms with van der Waals surface area (Å²) in [5.74, 6) is 2.32. The summed E-state index contributed by atoms with van der Waals surface area (Å²) in [5, 5.41) is 2.59. The van der Waals surface area contributed by atoms with Gasteiger partial charge in [-0.05, 0) is 36.4 Å². The summed E-state index contributed by atoms with van der Waals surface area (Å²) in [4.78, 5) is 4.91. The van der Waals surface area contributed by atoms with E-state index in [-0.39, 0.29) is 0 Å². The number of rotatable bonds is 0. The average molecular weight is 546 g/mol. The van der Waals surface area contributed by atoms with E-state index in [1.54, 1.807) is 0 Å². The Morgan fingerprint density at radius 2 is 1.92 bits per heavy atom. The third-order valence-corrected chi connectivity index (χ3v) is 5.12. The second kappa shape index (κ2) is 4.42. The minimum atomic E-state index is 0. The van der Waals surface area contributed by atoms with Gasteiger partial charge in [0.15, 0.2) is 17.2 Å². The summed E-state index contributed by atoms with van der Waals surface area (Å²) in [6.07, 6.45) is 4.16. The Bertz CT molecular complexity index is 1130. The van der Waals surface area contributed by atoms with E-state index in [2.05, 4.69) is 66.6 Å². The van der Waals surface area contributed by atoms with Crippen LogP contribution in [0.4, 0.5) is 0 Å². The number of benzene rings is 2. The van der Waals surface area contributed by atoms with Gasteiger partial charge < -0.3 is 4.57 Å². The zero-order valence-corrected chi connectivity index (χ0v) is 16.6. The van der Waals surface area contributed by atoms with Crippen LogP contribution < -0.4 is 4.57 Å². The van der Waals surface area contributed by atoms with Gasteiger partial charge in [0.05, 0.1) is 7.05 Å². The van der Waals surface area contributed by atoms with Crippen molar-refractivity contribution in [2.24, 2.45) is 7.05 Å². The number of fused-ring (bicyclic) bond motifs is 7. The molecule has 0 saturated carbocycles. The summed E-state index contributed by atoms with van der Waals surface area (Å²) in [7, 11) is 2.06. The molecule has 2 aromatic carbocycles. The molecule has 3 nitrogen and oxygen atoms in total. The van der Waals surface area contributed by atoms with Crippen LogP contribution in [0.2, 0.25) is 0 Å². The van der Waals surface area contributed by atoms with Crippen LogP contribution in [0, 0.1) is 20.0 Å². The van der Waals surface area contributed by atoms with E-state index in [1.165, 1.54) is 38.8 Å². The predicted octanol–water partition coefficient (Wildman–Crippen LogP) is 3.32. The van der Waals surface area contributed by atoms with Crippen LogP contribution in [-0.4, -0.2) is 9.55 Å². The number of aryl methyl sites for hydroxylation is 3. The van der Waals surface area contributed by atoms with Gasteiger partial charge in [-0.25, -0.2) is 9.55 Å². The normalized spacial score (nSPS) is 12.3. The van der Waals surface area contributed by atoms with Gasteiger partial charge in [0, 0.05) is 18.0 Å². The van der Waals surface area contributed by atoms with Crippen LogP contribution in [0.1, 0.15) is 22.5 Å². The van der Waals surface area contributed by atoms with Crippen molar-refractivity contribution in [2.45, 2.75) is 20.3 Å². The van der Waals surface area contributed by atoms with E-state index in [1.807, 2.05) is 6.07 Å². The van der Waals surface area contributed by atoms with Crippen molar-refractivity contribution in [2.75, 3.05) is 0 Å². The summed E-state index contributed by atoms with van der Waals surface area (Å²) in [6, 6.07) is 12.9. The zero-order valence-electron chi connectivity index (χ0n) is 13.8. The van der Waals surface area contributed by atoms with Crippen molar-refractivity contribution < 1.29 is 4.57 Å². The fraction of sp³-hybridized carbons (Fsp3) is 0.200. The van der Waals surface area contributed by atoms with Gasteiger partial charge in [-0.15, -0.1) is 6.07 Å². The molecule has 4 aromatic rings. The van der Waals surface area contributed by atoms with Crippen LogP contribution in [-0.2, 0) is 13.5 Å². The maximum absolute atomic E-state index is 4.91. The molecule has 4 heteroatoms. The molecule has 0 saturated heterocycles. The second-order valence-electron chi connectivity index (χ2n) is 6.45. The Morgan fingerprint density at radius 1 is 1.12 bits per heavy atom. The molecule has 0 amide bonds. The third kappa shape index (κ3) is 1.51. The van der Waals surface area contributed by atoms with Gasteiger partial charge in [0.1, 0.15) is 5.52 Å². The first-order valence-electron chi connectivity index (χ1n) is 7.95. The minimum absolute atomic E-state index is 0. The number of imidazole rings is 1. The zero-order chi connectivity index (χ0) is 15.7. The summed E-state index contributed by atoms with van der Waals surface area (Å²) in [6.45, 7) is 4.39. The number of hydrogen-bond acceptors (Lipinski definition) is 1. The Labute approximate surface area is 134 Å². The third-order valence-electron chi connectivity index (χ3n) is 5.12. The van der Waals surface area contributed by atoms with Gasteiger partial charge in [-0.2, -0.15) is 6.07 Å². The van der Waals surface area contributed by atoms with Crippen LogP contribution >= 0.6 is 0 Å². The summed E-state index contributed by atoms with van der Waals surface area (Å²) >= 11 is 0. The second-order valence-corrected chi connectivity index (χ2v) is 6.45. The Hall–Kier alpha value is -3.68. The van der Waals surface area contributed by atoms with E-state index in [0.717, 1.165) is 17.8 Å². The molecule has 1 radical (unpaired) electrons. The molecule has 0 atom stereocenters. The molecule has 2 aromatic heterocycles. The number of aromatic nitrogens is 3. The first kappa shape index (κ1) is 13.9. The molecule has 0 fully saturated rings. The molecule has 3 heterocycles. The number of hydrogen-bond donors (Lipinski definition) is 0. The quantitative estimate of drug-likeness (QED) is 0.216. The van der Waals surface area contributed by atoms with Crippen molar-refractivity contribution in [1.82, 2.24) is 9.55 Å². The van der Waals surface area contributed by atoms with Gasteiger partial charge in [-0.1, -0.05) is 23.8 Å². The fourth-order valence-corrected chi connectivity index (χ4v) is 3.85. The Kier molecular flexibility index (Phi) is 2.57. The first-order valence-corrected chi connectivity index (χ1v) is 7.95. The van der Waals surface area contributed by atoms with Crippen molar-refractivity contribution in [3.8, 4) is 5.82 Å². The van der Waals surface area contributed by atoms with Crippen LogP contribution in [0.5, 0.6) is 0 Å². The van der Waals surface area contributed by atoms with E-state index in [0.29, 0.717) is 0 Å². The van der Waals surface area contributed by atoms with Crippen LogP contribution in [0.15, 0.2) is 36.4 Å². The molecular formula is C20H17BkN3. The number of nitrogens with zero attached hydrogens (tertiary/aromatic N) is 3. The molecule has 24 heavy (non-hydrogen) atoms. The van der Waals surface area contributed by atoms with Gasteiger partial charge in [-0.3, -0.25) is 0 Å². The fourth-order valence-electron chi connectivity index (χ4n) is 3.85. The average Bonchev–Trinajstić information content (AvgIpc) is 3.06. The summed E-state index contributed by atoms with van der Waals surface area (Å²) < 4.78 is 4.41. The molecule has 0 aliphatic carbocycles. The number of pyridine rings is 1.